The maximum Gasteiger partial charge on any atom is 0.303 e. The maximum absolute atomic E-state index is 15.6. The van der Waals surface area contributed by atoms with Crippen LogP contribution in [-0.4, -0.2) is 55.2 Å². The van der Waals surface area contributed by atoms with Gasteiger partial charge in [0, 0.05) is 25.4 Å². The van der Waals surface area contributed by atoms with Crippen molar-refractivity contribution in [3.05, 3.63) is 24.3 Å². The molecule has 1 N–H and O–H groups in total. The SMILES string of the molecule is O=C(O)CC/C=C\CCC1C(/C=C/C(OC2CCCCO2)C(F)CC2CCCC2)CCC12OCCO2. The van der Waals surface area contributed by atoms with Crippen LogP contribution in [0.3, 0.4) is 0 Å². The molecule has 7 heteroatoms. The minimum absolute atomic E-state index is 0.152. The van der Waals surface area contributed by atoms with E-state index in [1.807, 2.05) is 12.2 Å². The second-order valence-electron chi connectivity index (χ2n) is 11.0. The van der Waals surface area contributed by atoms with Crippen LogP contribution < -0.4 is 0 Å². The van der Waals surface area contributed by atoms with Crippen LogP contribution in [-0.2, 0) is 23.7 Å². The molecule has 1 spiro atoms. The summed E-state index contributed by atoms with van der Waals surface area (Å²) >= 11 is 0. The molecule has 204 valence electrons. The van der Waals surface area contributed by atoms with E-state index in [4.69, 9.17) is 24.1 Å². The number of halogens is 1. The Hall–Kier alpha value is -1.28. The van der Waals surface area contributed by atoms with Crippen LogP contribution in [0.1, 0.15) is 89.9 Å². The second-order valence-corrected chi connectivity index (χ2v) is 11.0. The van der Waals surface area contributed by atoms with Gasteiger partial charge in [-0.05, 0) is 63.2 Å². The van der Waals surface area contributed by atoms with Crippen molar-refractivity contribution in [2.24, 2.45) is 17.8 Å². The van der Waals surface area contributed by atoms with Gasteiger partial charge in [0.15, 0.2) is 12.1 Å². The fourth-order valence-electron chi connectivity index (χ4n) is 6.49. The predicted molar refractivity (Wildman–Crippen MR) is 135 cm³/mol. The summed E-state index contributed by atoms with van der Waals surface area (Å²) in [7, 11) is 0. The van der Waals surface area contributed by atoms with Crippen LogP contribution in [0.4, 0.5) is 4.39 Å². The molecule has 2 saturated heterocycles. The first-order valence-corrected chi connectivity index (χ1v) is 14.3. The number of aliphatic carboxylic acids is 1. The second kappa shape index (κ2) is 14.0. The van der Waals surface area contributed by atoms with E-state index in [2.05, 4.69) is 12.2 Å². The van der Waals surface area contributed by atoms with Crippen molar-refractivity contribution in [2.45, 2.75) is 114 Å². The summed E-state index contributed by atoms with van der Waals surface area (Å²) in [6.45, 7) is 1.91. The van der Waals surface area contributed by atoms with E-state index in [-0.39, 0.29) is 24.5 Å². The molecular weight excluding hydrogens is 463 g/mol. The van der Waals surface area contributed by atoms with Gasteiger partial charge >= 0.3 is 5.97 Å². The third kappa shape index (κ3) is 7.86. The molecule has 36 heavy (non-hydrogen) atoms. The first-order chi connectivity index (χ1) is 17.6. The highest BCUT2D eigenvalue weighted by molar-refractivity contribution is 5.66. The van der Waals surface area contributed by atoms with Gasteiger partial charge in [-0.2, -0.15) is 0 Å². The summed E-state index contributed by atoms with van der Waals surface area (Å²) in [5, 5.41) is 8.82. The standard InChI is InChI=1S/C29H45FO6/c30-25(21-22-9-5-6-10-22)26(36-28-13-7-8-18-33-28)15-14-23-16-17-29(34-19-20-35-29)24(23)11-3-1-2-4-12-27(31)32/h1-2,14-15,22-26,28H,3-13,16-21H2,(H,31,32)/b2-1-,15-14+. The van der Waals surface area contributed by atoms with Crippen LogP contribution >= 0.6 is 0 Å². The molecule has 0 aromatic carbocycles. The van der Waals surface area contributed by atoms with E-state index in [1.54, 1.807) is 0 Å². The number of carboxylic acid groups (broad SMARTS) is 1. The molecule has 5 unspecified atom stereocenters. The lowest BCUT2D eigenvalue weighted by Gasteiger charge is -2.32. The number of allylic oxidation sites excluding steroid dienone is 3. The average Bonchev–Trinajstić information content (AvgIpc) is 3.63. The van der Waals surface area contributed by atoms with E-state index < -0.39 is 24.0 Å². The topological polar surface area (TPSA) is 74.2 Å². The molecule has 2 aliphatic heterocycles. The van der Waals surface area contributed by atoms with Gasteiger partial charge in [0.05, 0.1) is 13.2 Å². The number of hydrogen-bond acceptors (Lipinski definition) is 5. The van der Waals surface area contributed by atoms with Gasteiger partial charge in [0.25, 0.3) is 0 Å². The quantitative estimate of drug-likeness (QED) is 0.293. The monoisotopic (exact) mass is 508 g/mol. The van der Waals surface area contributed by atoms with Crippen molar-refractivity contribution in [1.29, 1.82) is 0 Å². The third-order valence-electron chi connectivity index (χ3n) is 8.40. The Bertz CT molecular complexity index is 721. The summed E-state index contributed by atoms with van der Waals surface area (Å²) < 4.78 is 39.9. The highest BCUT2D eigenvalue weighted by Crippen LogP contribution is 2.48. The lowest BCUT2D eigenvalue weighted by atomic mass is 9.87. The van der Waals surface area contributed by atoms with E-state index >= 15 is 4.39 Å². The van der Waals surface area contributed by atoms with E-state index in [9.17, 15) is 4.79 Å². The fourth-order valence-corrected chi connectivity index (χ4v) is 6.49. The fraction of sp³-hybridized carbons (Fsp3) is 0.828. The highest BCUT2D eigenvalue weighted by Gasteiger charge is 2.51. The van der Waals surface area contributed by atoms with Crippen molar-refractivity contribution >= 4 is 5.97 Å². The molecule has 0 bridgehead atoms. The van der Waals surface area contributed by atoms with Crippen molar-refractivity contribution in [3.63, 3.8) is 0 Å². The zero-order valence-corrected chi connectivity index (χ0v) is 21.7. The van der Waals surface area contributed by atoms with Crippen molar-refractivity contribution < 1.29 is 33.2 Å². The van der Waals surface area contributed by atoms with Crippen LogP contribution in [0.5, 0.6) is 0 Å². The van der Waals surface area contributed by atoms with Crippen LogP contribution in [0.15, 0.2) is 24.3 Å². The molecule has 6 nitrogen and oxygen atoms in total. The molecule has 2 saturated carbocycles. The minimum atomic E-state index is -1.03. The Morgan fingerprint density at radius 2 is 1.78 bits per heavy atom. The van der Waals surface area contributed by atoms with Gasteiger partial charge in [-0.15, -0.1) is 0 Å². The summed E-state index contributed by atoms with van der Waals surface area (Å²) in [4.78, 5) is 10.7. The Kier molecular flexibility index (Phi) is 10.8. The number of rotatable bonds is 13. The van der Waals surface area contributed by atoms with Gasteiger partial charge in [-0.25, -0.2) is 4.39 Å². The number of carboxylic acids is 1. The molecule has 0 radical (unpaired) electrons. The third-order valence-corrected chi connectivity index (χ3v) is 8.40. The van der Waals surface area contributed by atoms with Crippen molar-refractivity contribution in [2.75, 3.05) is 19.8 Å². The Morgan fingerprint density at radius 1 is 1.03 bits per heavy atom. The highest BCUT2D eigenvalue weighted by atomic mass is 19.1. The van der Waals surface area contributed by atoms with E-state index in [0.29, 0.717) is 38.6 Å². The zero-order valence-electron chi connectivity index (χ0n) is 21.7. The first-order valence-electron chi connectivity index (χ1n) is 14.3. The van der Waals surface area contributed by atoms with Crippen molar-refractivity contribution in [1.82, 2.24) is 0 Å². The molecule has 5 atom stereocenters. The van der Waals surface area contributed by atoms with Gasteiger partial charge in [-0.3, -0.25) is 4.79 Å². The molecule has 2 heterocycles. The lowest BCUT2D eigenvalue weighted by Crippen LogP contribution is -2.36. The number of carbonyl (C=O) groups is 1. The van der Waals surface area contributed by atoms with Gasteiger partial charge < -0.3 is 24.1 Å². The minimum Gasteiger partial charge on any atom is -0.481 e. The molecule has 2 aliphatic carbocycles. The van der Waals surface area contributed by atoms with Crippen molar-refractivity contribution in [3.8, 4) is 0 Å². The van der Waals surface area contributed by atoms with E-state index in [1.165, 1.54) is 12.8 Å². The Morgan fingerprint density at radius 3 is 2.50 bits per heavy atom. The number of alkyl halides is 1. The normalized spacial score (nSPS) is 30.6. The molecule has 4 rings (SSSR count). The maximum atomic E-state index is 15.6. The van der Waals surface area contributed by atoms with Crippen LogP contribution in [0.2, 0.25) is 0 Å². The summed E-state index contributed by atoms with van der Waals surface area (Å²) in [5.74, 6) is -0.456. The number of hydrogen-bond donors (Lipinski definition) is 1. The average molecular weight is 509 g/mol. The van der Waals surface area contributed by atoms with Gasteiger partial charge in [-0.1, -0.05) is 50.0 Å². The van der Waals surface area contributed by atoms with Crippen LogP contribution in [0, 0.1) is 17.8 Å². The molecule has 0 amide bonds. The first kappa shape index (κ1) is 27.7. The van der Waals surface area contributed by atoms with E-state index in [0.717, 1.165) is 57.8 Å². The Labute approximate surface area is 215 Å². The summed E-state index contributed by atoms with van der Waals surface area (Å²) in [5.41, 5.74) is 0. The number of ether oxygens (including phenoxy) is 4. The largest absolute Gasteiger partial charge is 0.481 e. The van der Waals surface area contributed by atoms with Gasteiger partial charge in [0.2, 0.25) is 0 Å². The van der Waals surface area contributed by atoms with Crippen LogP contribution in [0.25, 0.3) is 0 Å². The zero-order chi connectivity index (χ0) is 25.2. The summed E-state index contributed by atoms with van der Waals surface area (Å²) in [6, 6.07) is 0. The smallest absolute Gasteiger partial charge is 0.303 e. The molecule has 0 aromatic rings. The summed E-state index contributed by atoms with van der Waals surface area (Å²) in [6.07, 6.45) is 18.6. The molecule has 0 aromatic heterocycles. The molecule has 4 aliphatic rings. The molecular formula is C29H45FO6. The van der Waals surface area contributed by atoms with Gasteiger partial charge in [0.1, 0.15) is 12.3 Å². The lowest BCUT2D eigenvalue weighted by molar-refractivity contribution is -0.190. The molecule has 4 fully saturated rings. The predicted octanol–water partition coefficient (Wildman–Crippen LogP) is 6.34. The Balaban J connectivity index is 1.40.